The number of rotatable bonds is 7. The van der Waals surface area contributed by atoms with Crippen molar-refractivity contribution in [3.8, 4) is 5.75 Å². The highest BCUT2D eigenvalue weighted by Gasteiger charge is 2.68. The minimum absolute atomic E-state index is 0.0280. The zero-order valence-corrected chi connectivity index (χ0v) is 23.9. The lowest BCUT2D eigenvalue weighted by atomic mass is 9.63. The van der Waals surface area contributed by atoms with E-state index in [1.807, 2.05) is 19.1 Å². The second-order valence-corrected chi connectivity index (χ2v) is 12.2. The van der Waals surface area contributed by atoms with E-state index >= 15 is 0 Å². The fourth-order valence-corrected chi connectivity index (χ4v) is 7.07. The van der Waals surface area contributed by atoms with Crippen LogP contribution in [-0.4, -0.2) is 46.0 Å². The van der Waals surface area contributed by atoms with E-state index < -0.39 is 47.9 Å². The third kappa shape index (κ3) is 4.66. The van der Waals surface area contributed by atoms with Gasteiger partial charge < -0.3 is 4.74 Å². The summed E-state index contributed by atoms with van der Waals surface area (Å²) in [6.45, 7) is 1.39. The van der Waals surface area contributed by atoms with Gasteiger partial charge in [-0.15, -0.1) is 0 Å². The first-order valence-corrected chi connectivity index (χ1v) is 14.6. The zero-order chi connectivity index (χ0) is 30.0. The molecule has 3 amide bonds. The van der Waals surface area contributed by atoms with Crippen LogP contribution >= 0.6 is 11.6 Å². The molecule has 5 aliphatic rings. The number of Topliss-reactive ketones (excluding diaryl/α,β-unsaturated/α-hetero) is 1. The third-order valence-electron chi connectivity index (χ3n) is 9.17. The van der Waals surface area contributed by atoms with Crippen LogP contribution in [0.1, 0.15) is 43.1 Å². The van der Waals surface area contributed by atoms with Crippen LogP contribution < -0.4 is 4.74 Å². The Kier molecular flexibility index (Phi) is 6.54. The van der Waals surface area contributed by atoms with E-state index in [-0.39, 0.29) is 28.7 Å². The minimum Gasteiger partial charge on any atom is -0.423 e. The molecule has 8 nitrogen and oxygen atoms in total. The predicted octanol–water partition coefficient (Wildman–Crippen LogP) is 5.16. The molecule has 216 valence electrons. The normalized spacial score (nSPS) is 26.1. The number of hydrazine groups is 1. The number of benzene rings is 3. The Bertz CT molecular complexity index is 1660. The van der Waals surface area contributed by atoms with Crippen molar-refractivity contribution in [2.75, 3.05) is 6.54 Å². The Morgan fingerprint density at radius 1 is 0.791 bits per heavy atom. The van der Waals surface area contributed by atoms with Gasteiger partial charge in [-0.3, -0.25) is 19.2 Å². The van der Waals surface area contributed by atoms with Gasteiger partial charge in [0.1, 0.15) is 12.3 Å². The Hall–Kier alpha value is -4.56. The molecule has 3 aromatic rings. The second kappa shape index (κ2) is 10.3. The molecule has 3 fully saturated rings. The Morgan fingerprint density at radius 2 is 1.33 bits per heavy atom. The summed E-state index contributed by atoms with van der Waals surface area (Å²) < 4.78 is 5.43. The van der Waals surface area contributed by atoms with Gasteiger partial charge in [0, 0.05) is 16.1 Å². The maximum atomic E-state index is 13.8. The number of imide groups is 1. The molecule has 8 rings (SSSR count). The standard InChI is InChI=1S/C34H27ClN2O6/c1-18-2-4-21(5-3-18)34(42)43-23-12-8-19(9-13-23)28(38)17-36(31(39)20-6-10-22(35)11-7-20)37-32(40)29-24-14-15-25(27-16-26(24)27)30(29)33(37)41/h2-15,24-27,29-30H,16-17H2,1H3/t24-,25-,26-,27+,29+,30+/m0/s1. The largest absolute Gasteiger partial charge is 0.423 e. The van der Waals surface area contributed by atoms with Crippen LogP contribution in [0.3, 0.4) is 0 Å². The maximum Gasteiger partial charge on any atom is 0.343 e. The summed E-state index contributed by atoms with van der Waals surface area (Å²) in [5, 5.41) is 2.31. The number of esters is 1. The molecule has 0 unspecified atom stereocenters. The van der Waals surface area contributed by atoms with Crippen molar-refractivity contribution in [3.63, 3.8) is 0 Å². The highest BCUT2D eigenvalue weighted by molar-refractivity contribution is 6.30. The molecule has 4 aliphatic carbocycles. The lowest BCUT2D eigenvalue weighted by Gasteiger charge is -2.37. The van der Waals surface area contributed by atoms with Crippen LogP contribution in [0.25, 0.3) is 0 Å². The van der Waals surface area contributed by atoms with Crippen LogP contribution in [0.15, 0.2) is 84.9 Å². The van der Waals surface area contributed by atoms with Crippen LogP contribution in [0, 0.1) is 42.4 Å². The number of nitrogens with zero attached hydrogens (tertiary/aromatic N) is 2. The van der Waals surface area contributed by atoms with Gasteiger partial charge in [0.15, 0.2) is 5.78 Å². The summed E-state index contributed by atoms with van der Waals surface area (Å²) in [4.78, 5) is 67.5. The fourth-order valence-electron chi connectivity index (χ4n) is 6.95. The number of ether oxygens (including phenoxy) is 1. The number of carbonyl (C=O) groups excluding carboxylic acids is 5. The first-order chi connectivity index (χ1) is 20.7. The highest BCUT2D eigenvalue weighted by atomic mass is 35.5. The average Bonchev–Trinajstić information content (AvgIpc) is 3.79. The lowest BCUT2D eigenvalue weighted by Crippen LogP contribution is -2.52. The van der Waals surface area contributed by atoms with E-state index in [0.29, 0.717) is 22.4 Å². The van der Waals surface area contributed by atoms with Crippen molar-refractivity contribution in [1.29, 1.82) is 0 Å². The van der Waals surface area contributed by atoms with E-state index in [0.717, 1.165) is 22.0 Å². The molecule has 43 heavy (non-hydrogen) atoms. The summed E-state index contributed by atoms with van der Waals surface area (Å²) in [7, 11) is 0. The number of hydrogen-bond donors (Lipinski definition) is 0. The summed E-state index contributed by atoms with van der Waals surface area (Å²) >= 11 is 6.02. The van der Waals surface area contributed by atoms with Gasteiger partial charge in [-0.05, 0) is 97.7 Å². The van der Waals surface area contributed by atoms with Gasteiger partial charge >= 0.3 is 5.97 Å². The van der Waals surface area contributed by atoms with Crippen LogP contribution in [0.2, 0.25) is 5.02 Å². The Morgan fingerprint density at radius 3 is 1.91 bits per heavy atom. The molecular weight excluding hydrogens is 568 g/mol. The zero-order valence-electron chi connectivity index (χ0n) is 23.2. The number of aryl methyl sites for hydroxylation is 1. The van der Waals surface area contributed by atoms with Gasteiger partial charge in [-0.25, -0.2) is 9.80 Å². The minimum atomic E-state index is -0.653. The number of ketones is 1. The topological polar surface area (TPSA) is 101 Å². The molecule has 6 atom stereocenters. The van der Waals surface area contributed by atoms with Crippen molar-refractivity contribution in [3.05, 3.63) is 112 Å². The molecule has 0 aromatic heterocycles. The van der Waals surface area contributed by atoms with Gasteiger partial charge in [-0.1, -0.05) is 41.4 Å². The van der Waals surface area contributed by atoms with E-state index in [4.69, 9.17) is 16.3 Å². The van der Waals surface area contributed by atoms with Crippen LogP contribution in [-0.2, 0) is 9.59 Å². The highest BCUT2D eigenvalue weighted by Crippen LogP contribution is 2.65. The molecule has 1 aliphatic heterocycles. The number of hydrogen-bond acceptors (Lipinski definition) is 6. The molecule has 0 spiro atoms. The van der Waals surface area contributed by atoms with E-state index in [9.17, 15) is 24.0 Å². The molecule has 1 saturated heterocycles. The lowest BCUT2D eigenvalue weighted by molar-refractivity contribution is -0.154. The summed E-state index contributed by atoms with van der Waals surface area (Å²) in [5.74, 6) is -2.62. The number of allylic oxidation sites excluding steroid dienone is 2. The summed E-state index contributed by atoms with van der Waals surface area (Å²) in [5.41, 5.74) is 1.82. The van der Waals surface area contributed by atoms with Crippen molar-refractivity contribution >= 4 is 41.1 Å². The maximum absolute atomic E-state index is 13.8. The number of carbonyl (C=O) groups is 5. The van der Waals surface area contributed by atoms with Gasteiger partial charge in [0.05, 0.1) is 17.4 Å². The van der Waals surface area contributed by atoms with Crippen molar-refractivity contribution in [1.82, 2.24) is 10.0 Å². The summed E-state index contributed by atoms with van der Waals surface area (Å²) in [6, 6.07) is 19.0. The molecular formula is C34H27ClN2O6. The number of amides is 3. The van der Waals surface area contributed by atoms with Gasteiger partial charge in [0.2, 0.25) is 0 Å². The van der Waals surface area contributed by atoms with Crippen molar-refractivity contribution in [2.24, 2.45) is 35.5 Å². The van der Waals surface area contributed by atoms with Gasteiger partial charge in [0.25, 0.3) is 17.7 Å². The van der Waals surface area contributed by atoms with E-state index in [2.05, 4.69) is 12.2 Å². The van der Waals surface area contributed by atoms with Crippen molar-refractivity contribution < 1.29 is 28.7 Å². The second-order valence-electron chi connectivity index (χ2n) is 11.7. The van der Waals surface area contributed by atoms with Crippen LogP contribution in [0.4, 0.5) is 0 Å². The average molecular weight is 595 g/mol. The molecule has 3 aromatic carbocycles. The Labute approximate surface area is 252 Å². The molecule has 2 bridgehead atoms. The molecule has 0 radical (unpaired) electrons. The van der Waals surface area contributed by atoms with Gasteiger partial charge in [-0.2, -0.15) is 5.01 Å². The molecule has 1 heterocycles. The molecule has 9 heteroatoms. The molecule has 0 N–H and O–H groups in total. The first-order valence-electron chi connectivity index (χ1n) is 14.3. The third-order valence-corrected chi connectivity index (χ3v) is 9.43. The van der Waals surface area contributed by atoms with E-state index in [1.165, 1.54) is 48.5 Å². The summed E-state index contributed by atoms with van der Waals surface area (Å²) in [6.07, 6.45) is 5.12. The van der Waals surface area contributed by atoms with E-state index in [1.54, 1.807) is 12.1 Å². The monoisotopic (exact) mass is 594 g/mol. The SMILES string of the molecule is Cc1ccc(C(=O)Oc2ccc(C(=O)CN(C(=O)c3ccc(Cl)cc3)N3C(=O)[C@@H]4[C@H]5C=C[C@@H]([C@@H]6C[C@H]56)[C@H]4C3=O)cc2)cc1. The fraction of sp³-hybridized carbons (Fsp3) is 0.265. The quantitative estimate of drug-likeness (QED) is 0.123. The first kappa shape index (κ1) is 27.3. The number of halogens is 1. The predicted molar refractivity (Wildman–Crippen MR) is 156 cm³/mol. The van der Waals surface area contributed by atoms with Crippen LogP contribution in [0.5, 0.6) is 5.75 Å². The smallest absolute Gasteiger partial charge is 0.343 e. The molecule has 2 saturated carbocycles. The Balaban J connectivity index is 1.13. The van der Waals surface area contributed by atoms with Crippen molar-refractivity contribution in [2.45, 2.75) is 13.3 Å².